The number of hydrogen-bond donors (Lipinski definition) is 4. The van der Waals surface area contributed by atoms with E-state index in [-0.39, 0.29) is 6.54 Å². The largest absolute Gasteiger partial charge is 0.481 e. The minimum atomic E-state index is -1.44. The van der Waals surface area contributed by atoms with Gasteiger partial charge in [0.2, 0.25) is 0 Å². The predicted molar refractivity (Wildman–Crippen MR) is 63.4 cm³/mol. The Morgan fingerprint density at radius 2 is 2.06 bits per heavy atom. The second kappa shape index (κ2) is 6.60. The molecule has 1 aromatic rings. The van der Waals surface area contributed by atoms with Crippen LogP contribution < -0.4 is 10.6 Å². The maximum atomic E-state index is 11.4. The van der Waals surface area contributed by atoms with Crippen molar-refractivity contribution in [2.24, 2.45) is 0 Å². The highest BCUT2D eigenvalue weighted by atomic mass is 32.1. The molecule has 0 aromatic carbocycles. The molecule has 2 amide bonds. The van der Waals surface area contributed by atoms with Crippen LogP contribution in [0.25, 0.3) is 0 Å². The average Bonchev–Trinajstić information content (AvgIpc) is 2.77. The summed E-state index contributed by atoms with van der Waals surface area (Å²) in [7, 11) is 0. The van der Waals surface area contributed by atoms with Gasteiger partial charge in [-0.2, -0.15) is 11.3 Å². The summed E-state index contributed by atoms with van der Waals surface area (Å²) in [6, 6.07) is -0.337. The molecule has 0 bridgehead atoms. The fourth-order valence-corrected chi connectivity index (χ4v) is 1.83. The van der Waals surface area contributed by atoms with Crippen LogP contribution in [-0.4, -0.2) is 34.2 Å². The molecule has 0 saturated heterocycles. The second-order valence-corrected chi connectivity index (χ2v) is 4.23. The molecule has 0 aliphatic carbocycles. The number of nitrogens with one attached hydrogen (secondary N) is 2. The zero-order valence-electron chi connectivity index (χ0n) is 9.25. The maximum absolute atomic E-state index is 11.4. The summed E-state index contributed by atoms with van der Waals surface area (Å²) in [6.07, 6.45) is -0.665. The highest BCUT2D eigenvalue weighted by Gasteiger charge is 2.22. The van der Waals surface area contributed by atoms with Crippen LogP contribution in [0.4, 0.5) is 4.79 Å². The number of rotatable bonds is 6. The van der Waals surface area contributed by atoms with Crippen molar-refractivity contribution in [3.63, 3.8) is 0 Å². The van der Waals surface area contributed by atoms with Gasteiger partial charge in [-0.1, -0.05) is 0 Å². The number of carboxylic acids is 2. The Hall–Kier alpha value is -2.09. The van der Waals surface area contributed by atoms with E-state index < -0.39 is 30.4 Å². The Balaban J connectivity index is 2.41. The van der Waals surface area contributed by atoms with Crippen molar-refractivity contribution in [1.82, 2.24) is 10.6 Å². The smallest absolute Gasteiger partial charge is 0.326 e. The molecule has 98 valence electrons. The van der Waals surface area contributed by atoms with Crippen LogP contribution in [-0.2, 0) is 16.1 Å². The van der Waals surface area contributed by atoms with Crippen LogP contribution in [0.3, 0.4) is 0 Å². The molecule has 1 heterocycles. The zero-order chi connectivity index (χ0) is 13.5. The lowest BCUT2D eigenvalue weighted by atomic mass is 10.2. The minimum absolute atomic E-state index is 0.259. The van der Waals surface area contributed by atoms with Gasteiger partial charge in [-0.15, -0.1) is 0 Å². The number of aliphatic carboxylic acids is 2. The fraction of sp³-hybridized carbons (Fsp3) is 0.300. The number of carbonyl (C=O) groups excluding carboxylic acids is 1. The maximum Gasteiger partial charge on any atom is 0.326 e. The van der Waals surface area contributed by atoms with Gasteiger partial charge < -0.3 is 20.8 Å². The van der Waals surface area contributed by atoms with Gasteiger partial charge in [0.1, 0.15) is 6.04 Å². The molecule has 8 heteroatoms. The Kier molecular flexibility index (Phi) is 5.12. The first kappa shape index (κ1) is 14.0. The molecule has 0 spiro atoms. The molecule has 0 saturated carbocycles. The summed E-state index contributed by atoms with van der Waals surface area (Å²) in [4.78, 5) is 32.5. The van der Waals surface area contributed by atoms with E-state index in [4.69, 9.17) is 10.2 Å². The topological polar surface area (TPSA) is 116 Å². The van der Waals surface area contributed by atoms with E-state index in [0.29, 0.717) is 0 Å². The number of carbonyl (C=O) groups is 3. The first-order chi connectivity index (χ1) is 8.49. The second-order valence-electron chi connectivity index (χ2n) is 3.45. The van der Waals surface area contributed by atoms with Gasteiger partial charge in [-0.05, 0) is 22.4 Å². The number of carboxylic acid groups (broad SMARTS) is 2. The lowest BCUT2D eigenvalue weighted by molar-refractivity contribution is -0.145. The molecule has 0 aliphatic heterocycles. The van der Waals surface area contributed by atoms with E-state index in [2.05, 4.69) is 10.6 Å². The molecular formula is C10H12N2O5S. The summed E-state index contributed by atoms with van der Waals surface area (Å²) in [5, 5.41) is 25.4. The monoisotopic (exact) mass is 272 g/mol. The van der Waals surface area contributed by atoms with Crippen molar-refractivity contribution in [1.29, 1.82) is 0 Å². The zero-order valence-corrected chi connectivity index (χ0v) is 10.1. The van der Waals surface area contributed by atoms with Crippen molar-refractivity contribution < 1.29 is 24.6 Å². The predicted octanol–water partition coefficient (Wildman–Crippen LogP) is 0.475. The first-order valence-corrected chi connectivity index (χ1v) is 5.93. The molecule has 0 aliphatic rings. The van der Waals surface area contributed by atoms with E-state index in [0.717, 1.165) is 5.56 Å². The Morgan fingerprint density at radius 1 is 1.33 bits per heavy atom. The fourth-order valence-electron chi connectivity index (χ4n) is 1.16. The SMILES string of the molecule is O=C(O)C[C@H](NC(=O)NCc1ccsc1)C(=O)O. The lowest BCUT2D eigenvalue weighted by Crippen LogP contribution is -2.46. The van der Waals surface area contributed by atoms with Crippen molar-refractivity contribution in [3.05, 3.63) is 22.4 Å². The van der Waals surface area contributed by atoms with Crippen LogP contribution >= 0.6 is 11.3 Å². The summed E-state index contributed by atoms with van der Waals surface area (Å²) >= 11 is 1.47. The number of amides is 2. The van der Waals surface area contributed by atoms with Crippen LogP contribution in [0, 0.1) is 0 Å². The average molecular weight is 272 g/mol. The summed E-state index contributed by atoms with van der Waals surface area (Å²) in [6.45, 7) is 0.259. The molecule has 1 atom stereocenters. The third kappa shape index (κ3) is 4.83. The Morgan fingerprint density at radius 3 is 2.56 bits per heavy atom. The highest BCUT2D eigenvalue weighted by Crippen LogP contribution is 2.04. The molecule has 18 heavy (non-hydrogen) atoms. The third-order valence-corrected chi connectivity index (χ3v) is 2.75. The van der Waals surface area contributed by atoms with Gasteiger partial charge in [-0.25, -0.2) is 9.59 Å². The molecule has 0 unspecified atom stereocenters. The molecular weight excluding hydrogens is 260 g/mol. The third-order valence-electron chi connectivity index (χ3n) is 2.02. The van der Waals surface area contributed by atoms with E-state index in [1.165, 1.54) is 11.3 Å². The van der Waals surface area contributed by atoms with Gasteiger partial charge in [0, 0.05) is 6.54 Å². The molecule has 4 N–H and O–H groups in total. The normalized spacial score (nSPS) is 11.6. The number of thiophene rings is 1. The first-order valence-electron chi connectivity index (χ1n) is 4.99. The van der Waals surface area contributed by atoms with Crippen molar-refractivity contribution in [2.45, 2.75) is 19.0 Å². The van der Waals surface area contributed by atoms with E-state index in [1.54, 1.807) is 0 Å². The number of hydrogen-bond acceptors (Lipinski definition) is 4. The summed E-state index contributed by atoms with van der Waals surface area (Å²) < 4.78 is 0. The van der Waals surface area contributed by atoms with Gasteiger partial charge >= 0.3 is 18.0 Å². The molecule has 1 rings (SSSR count). The Bertz CT molecular complexity index is 431. The van der Waals surface area contributed by atoms with Crippen LogP contribution in [0.1, 0.15) is 12.0 Å². The quantitative estimate of drug-likeness (QED) is 0.601. The molecule has 0 fully saturated rings. The molecule has 0 radical (unpaired) electrons. The van der Waals surface area contributed by atoms with Gasteiger partial charge in [-0.3, -0.25) is 4.79 Å². The lowest BCUT2D eigenvalue weighted by Gasteiger charge is -2.12. The van der Waals surface area contributed by atoms with E-state index in [9.17, 15) is 14.4 Å². The van der Waals surface area contributed by atoms with Crippen LogP contribution in [0.2, 0.25) is 0 Å². The standard InChI is InChI=1S/C10H12N2O5S/c13-8(14)3-7(9(15)16)12-10(17)11-4-6-1-2-18-5-6/h1-2,5,7H,3-4H2,(H,13,14)(H,15,16)(H2,11,12,17)/t7-/m0/s1. The molecule has 1 aromatic heterocycles. The minimum Gasteiger partial charge on any atom is -0.481 e. The van der Waals surface area contributed by atoms with Crippen LogP contribution in [0.15, 0.2) is 16.8 Å². The summed E-state index contributed by atoms with van der Waals surface area (Å²) in [5.41, 5.74) is 0.889. The summed E-state index contributed by atoms with van der Waals surface area (Å²) in [5.74, 6) is -2.68. The number of urea groups is 1. The Labute approximate surface area is 106 Å². The highest BCUT2D eigenvalue weighted by molar-refractivity contribution is 7.07. The van der Waals surface area contributed by atoms with Crippen molar-refractivity contribution in [2.75, 3.05) is 0 Å². The van der Waals surface area contributed by atoms with Crippen molar-refractivity contribution in [3.8, 4) is 0 Å². The van der Waals surface area contributed by atoms with Gasteiger partial charge in [0.15, 0.2) is 0 Å². The van der Waals surface area contributed by atoms with Gasteiger partial charge in [0.05, 0.1) is 6.42 Å². The van der Waals surface area contributed by atoms with E-state index in [1.807, 2.05) is 16.8 Å². The van der Waals surface area contributed by atoms with Crippen LogP contribution in [0.5, 0.6) is 0 Å². The van der Waals surface area contributed by atoms with Crippen molar-refractivity contribution >= 4 is 29.3 Å². The van der Waals surface area contributed by atoms with Gasteiger partial charge in [0.25, 0.3) is 0 Å². The molecule has 7 nitrogen and oxygen atoms in total. The van der Waals surface area contributed by atoms with E-state index >= 15 is 0 Å².